The van der Waals surface area contributed by atoms with Gasteiger partial charge in [0.15, 0.2) is 0 Å². The lowest BCUT2D eigenvalue weighted by atomic mass is 10.2. The average molecular weight is 176 g/mol. The molecule has 0 aliphatic heterocycles. The monoisotopic (exact) mass is 176 g/mol. The molecule has 0 amide bonds. The summed E-state index contributed by atoms with van der Waals surface area (Å²) in [5.41, 5.74) is 4.06. The van der Waals surface area contributed by atoms with Gasteiger partial charge in [0.25, 0.3) is 0 Å². The minimum Gasteiger partial charge on any atom is -0.255 e. The fraction of sp³-hybridized carbons (Fsp3) is 0.111. The van der Waals surface area contributed by atoms with Crippen LogP contribution in [0.2, 0.25) is 0 Å². The molecule has 60 valence electrons. The number of hydrogen-bond donors (Lipinski definition) is 0. The van der Waals surface area contributed by atoms with Crippen LogP contribution in [0.25, 0.3) is 10.6 Å². The Balaban J connectivity index is 2.55. The third-order valence-corrected chi connectivity index (χ3v) is 2.45. The first kappa shape index (κ1) is 7.43. The molecule has 2 aromatic heterocycles. The SMILES string of the molecule is Cc1cccnc1-c1cncs1. The normalized spacial score (nSPS) is 10.1. The first-order valence-corrected chi connectivity index (χ1v) is 4.56. The van der Waals surface area contributed by atoms with E-state index in [4.69, 9.17) is 0 Å². The number of rotatable bonds is 1. The molecule has 0 bridgehead atoms. The van der Waals surface area contributed by atoms with Crippen LogP contribution < -0.4 is 0 Å². The molecule has 0 saturated carbocycles. The zero-order chi connectivity index (χ0) is 8.39. The van der Waals surface area contributed by atoms with E-state index in [0.29, 0.717) is 0 Å². The van der Waals surface area contributed by atoms with E-state index in [1.54, 1.807) is 11.3 Å². The molecule has 0 spiro atoms. The summed E-state index contributed by atoms with van der Waals surface area (Å²) >= 11 is 1.62. The van der Waals surface area contributed by atoms with Crippen LogP contribution in [0.4, 0.5) is 0 Å². The van der Waals surface area contributed by atoms with Gasteiger partial charge in [-0.2, -0.15) is 0 Å². The van der Waals surface area contributed by atoms with Gasteiger partial charge in [-0.05, 0) is 18.6 Å². The number of aromatic nitrogens is 2. The van der Waals surface area contributed by atoms with E-state index in [1.807, 2.05) is 24.0 Å². The molecular formula is C9H8N2S. The number of thiazole rings is 1. The van der Waals surface area contributed by atoms with Gasteiger partial charge in [0, 0.05) is 12.4 Å². The van der Waals surface area contributed by atoms with Crippen molar-refractivity contribution in [1.29, 1.82) is 0 Å². The summed E-state index contributed by atoms with van der Waals surface area (Å²) in [6.45, 7) is 2.06. The summed E-state index contributed by atoms with van der Waals surface area (Å²) in [6, 6.07) is 4.00. The fourth-order valence-corrected chi connectivity index (χ4v) is 1.76. The lowest BCUT2D eigenvalue weighted by Crippen LogP contribution is -1.83. The summed E-state index contributed by atoms with van der Waals surface area (Å²) in [6.07, 6.45) is 3.65. The van der Waals surface area contributed by atoms with Gasteiger partial charge in [-0.25, -0.2) is 0 Å². The van der Waals surface area contributed by atoms with E-state index >= 15 is 0 Å². The molecule has 0 fully saturated rings. The van der Waals surface area contributed by atoms with Crippen LogP contribution in [0.3, 0.4) is 0 Å². The smallest absolute Gasteiger partial charge is 0.0847 e. The highest BCUT2D eigenvalue weighted by molar-refractivity contribution is 7.13. The first-order chi connectivity index (χ1) is 5.88. The van der Waals surface area contributed by atoms with Crippen molar-refractivity contribution >= 4 is 11.3 Å². The van der Waals surface area contributed by atoms with Crippen molar-refractivity contribution in [2.24, 2.45) is 0 Å². The maximum Gasteiger partial charge on any atom is 0.0847 e. The van der Waals surface area contributed by atoms with E-state index in [-0.39, 0.29) is 0 Å². The average Bonchev–Trinajstić information content (AvgIpc) is 2.57. The number of hydrogen-bond acceptors (Lipinski definition) is 3. The van der Waals surface area contributed by atoms with Crippen LogP contribution in [-0.2, 0) is 0 Å². The van der Waals surface area contributed by atoms with Gasteiger partial charge in [0.1, 0.15) is 0 Å². The van der Waals surface area contributed by atoms with Gasteiger partial charge < -0.3 is 0 Å². The minimum atomic E-state index is 1.04. The molecule has 0 N–H and O–H groups in total. The zero-order valence-electron chi connectivity index (χ0n) is 6.69. The molecule has 0 aliphatic carbocycles. The Labute approximate surface area is 74.9 Å². The molecule has 0 aromatic carbocycles. The first-order valence-electron chi connectivity index (χ1n) is 3.68. The number of nitrogens with zero attached hydrogens (tertiary/aromatic N) is 2. The van der Waals surface area contributed by atoms with Gasteiger partial charge in [-0.1, -0.05) is 6.07 Å². The van der Waals surface area contributed by atoms with Crippen molar-refractivity contribution in [1.82, 2.24) is 9.97 Å². The van der Waals surface area contributed by atoms with Crippen LogP contribution in [0, 0.1) is 6.92 Å². The maximum absolute atomic E-state index is 4.29. The second-order valence-corrected chi connectivity index (χ2v) is 3.42. The second kappa shape index (κ2) is 3.03. The molecule has 2 aromatic rings. The van der Waals surface area contributed by atoms with E-state index < -0.39 is 0 Å². The molecular weight excluding hydrogens is 168 g/mol. The second-order valence-electron chi connectivity index (χ2n) is 2.53. The topological polar surface area (TPSA) is 25.8 Å². The van der Waals surface area contributed by atoms with E-state index in [2.05, 4.69) is 23.0 Å². The Kier molecular flexibility index (Phi) is 1.87. The Hall–Kier alpha value is -1.22. The van der Waals surface area contributed by atoms with Gasteiger partial charge in [0.2, 0.25) is 0 Å². The molecule has 0 saturated heterocycles. The molecule has 2 heterocycles. The van der Waals surface area contributed by atoms with Crippen LogP contribution in [0.5, 0.6) is 0 Å². The van der Waals surface area contributed by atoms with E-state index in [9.17, 15) is 0 Å². The predicted molar refractivity (Wildman–Crippen MR) is 50.1 cm³/mol. The van der Waals surface area contributed by atoms with E-state index in [0.717, 1.165) is 10.6 Å². The summed E-state index contributed by atoms with van der Waals surface area (Å²) in [4.78, 5) is 9.44. The third kappa shape index (κ3) is 1.23. The van der Waals surface area contributed by atoms with Gasteiger partial charge in [-0.15, -0.1) is 11.3 Å². The van der Waals surface area contributed by atoms with Crippen molar-refractivity contribution in [3.63, 3.8) is 0 Å². The van der Waals surface area contributed by atoms with Crippen molar-refractivity contribution < 1.29 is 0 Å². The molecule has 0 unspecified atom stereocenters. The minimum absolute atomic E-state index is 1.04. The number of pyridine rings is 1. The largest absolute Gasteiger partial charge is 0.255 e. The van der Waals surface area contributed by atoms with Crippen LogP contribution in [-0.4, -0.2) is 9.97 Å². The maximum atomic E-state index is 4.29. The van der Waals surface area contributed by atoms with Crippen LogP contribution in [0.1, 0.15) is 5.56 Å². The summed E-state index contributed by atoms with van der Waals surface area (Å²) < 4.78 is 0. The highest BCUT2D eigenvalue weighted by Gasteiger charge is 2.02. The van der Waals surface area contributed by atoms with Crippen molar-refractivity contribution in [3.05, 3.63) is 35.6 Å². The lowest BCUT2D eigenvalue weighted by molar-refractivity contribution is 1.27. The fourth-order valence-electron chi connectivity index (χ4n) is 1.08. The number of aryl methyl sites for hydroxylation is 1. The summed E-state index contributed by atoms with van der Waals surface area (Å²) in [5.74, 6) is 0. The Morgan fingerprint density at radius 2 is 2.33 bits per heavy atom. The Morgan fingerprint density at radius 1 is 1.42 bits per heavy atom. The van der Waals surface area contributed by atoms with Crippen LogP contribution >= 0.6 is 11.3 Å². The van der Waals surface area contributed by atoms with Gasteiger partial charge in [0.05, 0.1) is 16.1 Å². The Morgan fingerprint density at radius 3 is 3.00 bits per heavy atom. The molecule has 2 rings (SSSR count). The summed E-state index contributed by atoms with van der Waals surface area (Å²) in [5, 5.41) is 0. The molecule has 3 heteroatoms. The van der Waals surface area contributed by atoms with Gasteiger partial charge >= 0.3 is 0 Å². The quantitative estimate of drug-likeness (QED) is 0.667. The standard InChI is InChI=1S/C9H8N2S/c1-7-3-2-4-11-9(7)8-5-10-6-12-8/h2-6H,1H3. The molecule has 0 radical (unpaired) electrons. The molecule has 0 atom stereocenters. The van der Waals surface area contributed by atoms with Gasteiger partial charge in [-0.3, -0.25) is 9.97 Å². The molecule has 0 aliphatic rings. The highest BCUT2D eigenvalue weighted by atomic mass is 32.1. The summed E-state index contributed by atoms with van der Waals surface area (Å²) in [7, 11) is 0. The van der Waals surface area contributed by atoms with E-state index in [1.165, 1.54) is 5.56 Å². The Bertz CT molecular complexity index is 368. The molecule has 2 nitrogen and oxygen atoms in total. The zero-order valence-corrected chi connectivity index (χ0v) is 7.51. The molecule has 12 heavy (non-hydrogen) atoms. The van der Waals surface area contributed by atoms with Crippen molar-refractivity contribution in [2.75, 3.05) is 0 Å². The predicted octanol–water partition coefficient (Wildman–Crippen LogP) is 2.51. The lowest BCUT2D eigenvalue weighted by Gasteiger charge is -1.98. The van der Waals surface area contributed by atoms with Crippen molar-refractivity contribution in [3.8, 4) is 10.6 Å². The third-order valence-electron chi connectivity index (χ3n) is 1.68. The highest BCUT2D eigenvalue weighted by Crippen LogP contribution is 2.23. The van der Waals surface area contributed by atoms with Crippen LogP contribution in [0.15, 0.2) is 30.0 Å². The van der Waals surface area contributed by atoms with Crippen molar-refractivity contribution in [2.45, 2.75) is 6.92 Å².